The van der Waals surface area contributed by atoms with E-state index in [9.17, 15) is 14.0 Å². The van der Waals surface area contributed by atoms with Crippen LogP contribution in [0.1, 0.15) is 32.9 Å². The Balaban J connectivity index is 1.40. The lowest BCUT2D eigenvalue weighted by atomic mass is 10.0. The van der Waals surface area contributed by atoms with Crippen molar-refractivity contribution in [1.29, 1.82) is 0 Å². The average Bonchev–Trinajstić information content (AvgIpc) is 3.26. The maximum Gasteiger partial charge on any atom is 0.256 e. The van der Waals surface area contributed by atoms with Crippen LogP contribution in [0, 0.1) is 12.7 Å². The second kappa shape index (κ2) is 8.46. The molecule has 7 nitrogen and oxygen atoms in total. The minimum atomic E-state index is -0.424. The molecule has 1 fully saturated rings. The van der Waals surface area contributed by atoms with E-state index in [0.717, 1.165) is 50.5 Å². The first-order valence-electron chi connectivity index (χ1n) is 10.8. The van der Waals surface area contributed by atoms with Crippen molar-refractivity contribution in [3.8, 4) is 0 Å². The molecule has 1 saturated heterocycles. The van der Waals surface area contributed by atoms with Crippen LogP contribution >= 0.6 is 15.9 Å². The summed E-state index contributed by atoms with van der Waals surface area (Å²) in [7, 11) is 0. The Labute approximate surface area is 193 Å². The summed E-state index contributed by atoms with van der Waals surface area (Å²) in [5, 5.41) is 2.78. The molecule has 2 N–H and O–H groups in total. The summed E-state index contributed by atoms with van der Waals surface area (Å²) in [6.45, 7) is 7.34. The molecule has 1 aromatic heterocycles. The molecule has 3 aliphatic heterocycles. The molecule has 2 amide bonds. The number of morpholine rings is 1. The van der Waals surface area contributed by atoms with Crippen LogP contribution < -0.4 is 5.32 Å². The summed E-state index contributed by atoms with van der Waals surface area (Å²) < 4.78 is 19.9. The van der Waals surface area contributed by atoms with Gasteiger partial charge in [-0.15, -0.1) is 0 Å². The van der Waals surface area contributed by atoms with Crippen molar-refractivity contribution >= 4 is 45.1 Å². The molecule has 9 heteroatoms. The molecular weight excluding hydrogens is 479 g/mol. The summed E-state index contributed by atoms with van der Waals surface area (Å²) in [5.74, 6) is -0.702. The van der Waals surface area contributed by atoms with Gasteiger partial charge >= 0.3 is 0 Å². The highest BCUT2D eigenvalue weighted by molar-refractivity contribution is 9.10. The Morgan fingerprint density at radius 3 is 2.75 bits per heavy atom. The van der Waals surface area contributed by atoms with E-state index in [1.807, 2.05) is 11.8 Å². The molecule has 0 spiro atoms. The third-order valence-corrected chi connectivity index (χ3v) is 7.03. The molecule has 0 unspecified atom stereocenters. The second-order valence-electron chi connectivity index (χ2n) is 8.34. The van der Waals surface area contributed by atoms with E-state index < -0.39 is 5.82 Å². The lowest BCUT2D eigenvalue weighted by molar-refractivity contribution is -0.110. The molecule has 2 aromatic rings. The first kappa shape index (κ1) is 21.4. The number of nitrogens with one attached hydrogen (secondary N) is 2. The quantitative estimate of drug-likeness (QED) is 0.630. The average molecular weight is 503 g/mol. The van der Waals surface area contributed by atoms with Crippen LogP contribution in [0.5, 0.6) is 0 Å². The number of carbonyl (C=O) groups is 2. The lowest BCUT2D eigenvalue weighted by Crippen LogP contribution is -2.45. The molecule has 0 bridgehead atoms. The minimum Gasteiger partial charge on any atom is -0.379 e. The van der Waals surface area contributed by atoms with Crippen LogP contribution in [-0.4, -0.2) is 72.5 Å². The van der Waals surface area contributed by atoms with Crippen LogP contribution in [0.15, 0.2) is 16.6 Å². The molecule has 0 atom stereocenters. The van der Waals surface area contributed by atoms with E-state index in [4.69, 9.17) is 4.74 Å². The Hall–Kier alpha value is -2.49. The standard InChI is InChI=1S/C23H24BrFN4O3/c1-13-19(12-16-15-10-14(25)11-17(24)21(15)27-22(16)30)26-18-2-3-29(23(31)20(13)18)5-4-28-6-8-32-9-7-28/h10-12,26H,2-9H2,1H3,(H,27,30). The number of benzene rings is 1. The molecule has 3 aliphatic rings. The van der Waals surface area contributed by atoms with Gasteiger partial charge in [-0.05, 0) is 46.6 Å². The zero-order valence-corrected chi connectivity index (χ0v) is 19.4. The number of hydrogen-bond donors (Lipinski definition) is 2. The van der Waals surface area contributed by atoms with Crippen LogP contribution in [0.3, 0.4) is 0 Å². The van der Waals surface area contributed by atoms with E-state index >= 15 is 0 Å². The van der Waals surface area contributed by atoms with Gasteiger partial charge in [-0.1, -0.05) is 0 Å². The summed E-state index contributed by atoms with van der Waals surface area (Å²) in [4.78, 5) is 33.4. The Bertz CT molecular complexity index is 1140. The number of H-pyrrole nitrogens is 1. The van der Waals surface area contributed by atoms with Gasteiger partial charge in [0.15, 0.2) is 0 Å². The number of carbonyl (C=O) groups excluding carboxylic acids is 2. The molecule has 32 heavy (non-hydrogen) atoms. The van der Waals surface area contributed by atoms with Crippen molar-refractivity contribution in [1.82, 2.24) is 14.8 Å². The Morgan fingerprint density at radius 1 is 1.19 bits per heavy atom. The van der Waals surface area contributed by atoms with Gasteiger partial charge in [0.05, 0.1) is 30.0 Å². The highest BCUT2D eigenvalue weighted by Gasteiger charge is 2.31. The molecule has 5 rings (SSSR count). The van der Waals surface area contributed by atoms with Crippen molar-refractivity contribution < 1.29 is 18.7 Å². The molecule has 168 valence electrons. The SMILES string of the molecule is Cc1c(C=C2C(=O)Nc3c(Br)cc(F)cc32)[nH]c2c1C(=O)N(CCN1CCOCC1)CC2. The van der Waals surface area contributed by atoms with E-state index in [2.05, 4.69) is 31.1 Å². The van der Waals surface area contributed by atoms with Crippen LogP contribution in [0.4, 0.5) is 10.1 Å². The smallest absolute Gasteiger partial charge is 0.256 e. The van der Waals surface area contributed by atoms with Crippen LogP contribution in [0.2, 0.25) is 0 Å². The summed E-state index contributed by atoms with van der Waals surface area (Å²) in [6, 6.07) is 2.67. The molecule has 1 aromatic carbocycles. The minimum absolute atomic E-state index is 0.0166. The number of nitrogens with zero attached hydrogens (tertiary/aromatic N) is 2. The normalized spacial score (nSPS) is 20.0. The number of fused-ring (bicyclic) bond motifs is 2. The highest BCUT2D eigenvalue weighted by atomic mass is 79.9. The van der Waals surface area contributed by atoms with Gasteiger partial charge in [-0.25, -0.2) is 4.39 Å². The van der Waals surface area contributed by atoms with Gasteiger partial charge in [0.2, 0.25) is 0 Å². The maximum atomic E-state index is 14.0. The van der Waals surface area contributed by atoms with Crippen molar-refractivity contribution in [3.05, 3.63) is 50.5 Å². The van der Waals surface area contributed by atoms with Crippen molar-refractivity contribution in [3.63, 3.8) is 0 Å². The van der Waals surface area contributed by atoms with Crippen molar-refractivity contribution in [2.24, 2.45) is 0 Å². The number of ether oxygens (including phenoxy) is 1. The molecule has 4 heterocycles. The zero-order valence-electron chi connectivity index (χ0n) is 17.8. The molecule has 0 saturated carbocycles. The van der Waals surface area contributed by atoms with Gasteiger partial charge < -0.3 is 19.9 Å². The summed E-state index contributed by atoms with van der Waals surface area (Å²) in [5.41, 5.74) is 4.53. The monoisotopic (exact) mass is 502 g/mol. The largest absolute Gasteiger partial charge is 0.379 e. The van der Waals surface area contributed by atoms with Crippen molar-refractivity contribution in [2.45, 2.75) is 13.3 Å². The topological polar surface area (TPSA) is 77.7 Å². The number of rotatable bonds is 4. The van der Waals surface area contributed by atoms with Gasteiger partial charge in [-0.3, -0.25) is 14.5 Å². The second-order valence-corrected chi connectivity index (χ2v) is 9.19. The van der Waals surface area contributed by atoms with Gasteiger partial charge in [0.25, 0.3) is 11.8 Å². The molecule has 0 aliphatic carbocycles. The number of hydrogen-bond acceptors (Lipinski definition) is 4. The number of aromatic nitrogens is 1. The first-order chi connectivity index (χ1) is 15.4. The van der Waals surface area contributed by atoms with E-state index in [1.165, 1.54) is 12.1 Å². The van der Waals surface area contributed by atoms with E-state index in [-0.39, 0.29) is 11.8 Å². The fourth-order valence-corrected chi connectivity index (χ4v) is 5.14. The molecular formula is C23H24BrFN4O3. The number of amides is 2. The van der Waals surface area contributed by atoms with Crippen LogP contribution in [-0.2, 0) is 16.0 Å². The van der Waals surface area contributed by atoms with Gasteiger partial charge in [0, 0.05) is 60.6 Å². The van der Waals surface area contributed by atoms with Crippen molar-refractivity contribution in [2.75, 3.05) is 51.3 Å². The Morgan fingerprint density at radius 2 is 1.97 bits per heavy atom. The fourth-order valence-electron chi connectivity index (χ4n) is 4.61. The van der Waals surface area contributed by atoms with Gasteiger partial charge in [0.1, 0.15) is 5.82 Å². The number of anilines is 1. The van der Waals surface area contributed by atoms with Crippen LogP contribution in [0.25, 0.3) is 11.6 Å². The predicted octanol–water partition coefficient (Wildman–Crippen LogP) is 3.05. The third kappa shape index (κ3) is 3.78. The Kier molecular flexibility index (Phi) is 5.65. The van der Waals surface area contributed by atoms with Gasteiger partial charge in [-0.2, -0.15) is 0 Å². The van der Waals surface area contributed by atoms with E-state index in [1.54, 1.807) is 6.08 Å². The summed E-state index contributed by atoms with van der Waals surface area (Å²) in [6.07, 6.45) is 2.45. The van der Waals surface area contributed by atoms with E-state index in [0.29, 0.717) is 45.6 Å². The zero-order chi connectivity index (χ0) is 22.4. The summed E-state index contributed by atoms with van der Waals surface area (Å²) >= 11 is 3.31. The highest BCUT2D eigenvalue weighted by Crippen LogP contribution is 2.39. The predicted molar refractivity (Wildman–Crippen MR) is 123 cm³/mol. The maximum absolute atomic E-state index is 14.0. The number of halogens is 2. The first-order valence-corrected chi connectivity index (χ1v) is 11.5. The number of aromatic amines is 1. The molecule has 0 radical (unpaired) electrons. The fraction of sp³-hybridized carbons (Fsp3) is 0.391. The lowest BCUT2D eigenvalue weighted by Gasteiger charge is -2.32. The third-order valence-electron chi connectivity index (χ3n) is 6.41.